The van der Waals surface area contributed by atoms with Crippen LogP contribution in [0, 0.1) is 23.3 Å². The van der Waals surface area contributed by atoms with E-state index in [0.717, 1.165) is 30.2 Å². The smallest absolute Gasteiger partial charge is 0.316 e. The average Bonchev–Trinajstić information content (AvgIpc) is 3.34. The van der Waals surface area contributed by atoms with Gasteiger partial charge >= 0.3 is 6.01 Å². The Labute approximate surface area is 207 Å². The third kappa shape index (κ3) is 4.46. The second-order valence-electron chi connectivity index (χ2n) is 9.16. The molecule has 2 aromatic heterocycles. The van der Waals surface area contributed by atoms with Crippen LogP contribution >= 0.6 is 0 Å². The molecule has 6 rings (SSSR count). The van der Waals surface area contributed by atoms with E-state index >= 15 is 0 Å². The molecular weight excluding hydrogens is 498 g/mol. The van der Waals surface area contributed by atoms with E-state index in [1.807, 2.05) is 11.6 Å². The minimum atomic E-state index is -1.53. The van der Waals surface area contributed by atoms with E-state index in [1.54, 1.807) is 11.1 Å². The van der Waals surface area contributed by atoms with Gasteiger partial charge in [0.2, 0.25) is 5.91 Å². The minimum Gasteiger partial charge on any atom is -0.458 e. The van der Waals surface area contributed by atoms with Gasteiger partial charge < -0.3 is 19.7 Å². The topological polar surface area (TPSA) is 101 Å². The lowest BCUT2D eigenvalue weighted by Crippen LogP contribution is -2.44. The first-order valence-electron chi connectivity index (χ1n) is 11.6. The molecule has 0 radical (unpaired) electrons. The van der Waals surface area contributed by atoms with Gasteiger partial charge in [0.1, 0.15) is 6.10 Å². The van der Waals surface area contributed by atoms with Gasteiger partial charge in [-0.2, -0.15) is 5.10 Å². The second-order valence-corrected chi connectivity index (χ2v) is 9.16. The predicted octanol–water partition coefficient (Wildman–Crippen LogP) is 2.41. The van der Waals surface area contributed by atoms with Crippen molar-refractivity contribution in [2.24, 2.45) is 0 Å². The summed E-state index contributed by atoms with van der Waals surface area (Å²) in [5.74, 6) is -4.85. The third-order valence-corrected chi connectivity index (χ3v) is 6.60. The van der Waals surface area contributed by atoms with E-state index in [2.05, 4.69) is 25.3 Å². The van der Waals surface area contributed by atoms with Crippen molar-refractivity contribution in [1.29, 1.82) is 0 Å². The maximum atomic E-state index is 13.6. The van der Waals surface area contributed by atoms with Crippen molar-refractivity contribution in [3.8, 4) is 6.01 Å². The number of carbonyl (C=O) groups is 1. The molecule has 0 saturated carbocycles. The molecule has 2 saturated heterocycles. The lowest BCUT2D eigenvalue weighted by molar-refractivity contribution is -0.117. The fraction of sp³-hybridized carbons (Fsp3) is 0.391. The van der Waals surface area contributed by atoms with Gasteiger partial charge in [0.25, 0.3) is 0 Å². The molecule has 14 heteroatoms. The van der Waals surface area contributed by atoms with E-state index < -0.39 is 41.8 Å². The predicted molar refractivity (Wildman–Crippen MR) is 119 cm³/mol. The molecule has 1 amide bonds. The van der Waals surface area contributed by atoms with Gasteiger partial charge in [0.15, 0.2) is 35.7 Å². The van der Waals surface area contributed by atoms with Crippen LogP contribution in [0.3, 0.4) is 0 Å². The van der Waals surface area contributed by atoms with Crippen LogP contribution in [0.4, 0.5) is 28.9 Å². The molecular formula is C23H21F4N7O3. The SMILES string of the molecule is C[C@H]1Cn2ncc(N3C[C@@H](Oc4ncc(F)cn4)CC3=O)c2CN1C1OC1Nc1cc(F)c(F)c(F)c1. The minimum absolute atomic E-state index is 0.0107. The lowest BCUT2D eigenvalue weighted by atomic mass is 10.1. The van der Waals surface area contributed by atoms with Crippen molar-refractivity contribution in [3.63, 3.8) is 0 Å². The summed E-state index contributed by atoms with van der Waals surface area (Å²) in [7, 11) is 0. The summed E-state index contributed by atoms with van der Waals surface area (Å²) in [6, 6.07) is 1.75. The van der Waals surface area contributed by atoms with Gasteiger partial charge in [-0.3, -0.25) is 14.4 Å². The number of rotatable bonds is 6. The number of amides is 1. The highest BCUT2D eigenvalue weighted by Crippen LogP contribution is 2.36. The van der Waals surface area contributed by atoms with Crippen LogP contribution in [0.25, 0.3) is 0 Å². The summed E-state index contributed by atoms with van der Waals surface area (Å²) in [5, 5.41) is 7.32. The molecule has 3 aliphatic heterocycles. The van der Waals surface area contributed by atoms with Crippen molar-refractivity contribution < 1.29 is 31.8 Å². The fourth-order valence-corrected chi connectivity index (χ4v) is 4.73. The number of benzene rings is 1. The Balaban J connectivity index is 1.14. The Morgan fingerprint density at radius 1 is 1.08 bits per heavy atom. The molecule has 2 fully saturated rings. The molecule has 3 aromatic rings. The zero-order valence-electron chi connectivity index (χ0n) is 19.4. The number of hydrogen-bond donors (Lipinski definition) is 1. The first-order chi connectivity index (χ1) is 17.8. The Hall–Kier alpha value is -3.78. The Bertz CT molecular complexity index is 1330. The molecule has 1 N–H and O–H groups in total. The number of ether oxygens (including phenoxy) is 2. The van der Waals surface area contributed by atoms with Crippen LogP contribution in [0.5, 0.6) is 6.01 Å². The van der Waals surface area contributed by atoms with Crippen molar-refractivity contribution in [2.45, 2.75) is 51.0 Å². The molecule has 4 atom stereocenters. The first kappa shape index (κ1) is 23.6. The van der Waals surface area contributed by atoms with Crippen LogP contribution in [0.1, 0.15) is 19.0 Å². The number of carbonyl (C=O) groups excluding carboxylic acids is 1. The number of anilines is 2. The highest BCUT2D eigenvalue weighted by molar-refractivity contribution is 5.96. The summed E-state index contributed by atoms with van der Waals surface area (Å²) in [5.41, 5.74) is 1.51. The Morgan fingerprint density at radius 3 is 2.54 bits per heavy atom. The van der Waals surface area contributed by atoms with Crippen molar-refractivity contribution >= 4 is 17.3 Å². The van der Waals surface area contributed by atoms with Gasteiger partial charge in [0, 0.05) is 30.4 Å². The number of fused-ring (bicyclic) bond motifs is 1. The average molecular weight is 519 g/mol. The van der Waals surface area contributed by atoms with Crippen molar-refractivity contribution in [1.82, 2.24) is 24.6 Å². The number of aromatic nitrogens is 4. The Kier molecular flexibility index (Phi) is 5.71. The van der Waals surface area contributed by atoms with E-state index in [9.17, 15) is 22.4 Å². The molecule has 1 aromatic carbocycles. The van der Waals surface area contributed by atoms with Crippen molar-refractivity contribution in [2.75, 3.05) is 16.8 Å². The molecule has 5 heterocycles. The molecule has 0 aliphatic carbocycles. The molecule has 37 heavy (non-hydrogen) atoms. The van der Waals surface area contributed by atoms with Gasteiger partial charge in [-0.1, -0.05) is 0 Å². The molecule has 194 valence electrons. The summed E-state index contributed by atoms with van der Waals surface area (Å²) < 4.78 is 66.6. The van der Waals surface area contributed by atoms with E-state index in [4.69, 9.17) is 9.47 Å². The fourth-order valence-electron chi connectivity index (χ4n) is 4.73. The molecule has 2 unspecified atom stereocenters. The number of halogens is 4. The number of nitrogens with zero attached hydrogens (tertiary/aromatic N) is 6. The van der Waals surface area contributed by atoms with Gasteiger partial charge in [-0.05, 0) is 6.92 Å². The van der Waals surface area contributed by atoms with Crippen LogP contribution in [0.2, 0.25) is 0 Å². The standard InChI is InChI=1S/C23H21F4N7O3/c1-11-8-34-18(10-32(11)22-21(37-22)31-13-2-15(25)20(27)16(26)3-13)17(7-30-34)33-9-14(4-19(33)35)36-23-28-5-12(24)6-29-23/h2-3,5-7,11,14,21-22,31H,4,8-10H2,1H3/t11-,14-,21?,22?/m0/s1. The largest absolute Gasteiger partial charge is 0.458 e. The number of epoxide rings is 1. The summed E-state index contributed by atoms with van der Waals surface area (Å²) in [6.45, 7) is 3.18. The normalized spacial score (nSPS) is 25.3. The summed E-state index contributed by atoms with van der Waals surface area (Å²) in [6.07, 6.45) is 2.26. The second kappa shape index (κ2) is 8.95. The maximum absolute atomic E-state index is 13.6. The van der Waals surface area contributed by atoms with Crippen LogP contribution in [-0.2, 0) is 22.6 Å². The summed E-state index contributed by atoms with van der Waals surface area (Å²) >= 11 is 0. The van der Waals surface area contributed by atoms with E-state index in [-0.39, 0.29) is 36.6 Å². The monoisotopic (exact) mass is 519 g/mol. The molecule has 0 bridgehead atoms. The lowest BCUT2D eigenvalue weighted by Gasteiger charge is -2.33. The van der Waals surface area contributed by atoms with Gasteiger partial charge in [-0.15, -0.1) is 0 Å². The zero-order valence-corrected chi connectivity index (χ0v) is 19.4. The third-order valence-electron chi connectivity index (χ3n) is 6.60. The quantitative estimate of drug-likeness (QED) is 0.301. The van der Waals surface area contributed by atoms with Crippen LogP contribution in [0.15, 0.2) is 30.7 Å². The summed E-state index contributed by atoms with van der Waals surface area (Å²) in [4.78, 5) is 24.0. The van der Waals surface area contributed by atoms with Crippen LogP contribution < -0.4 is 15.0 Å². The maximum Gasteiger partial charge on any atom is 0.316 e. The highest BCUT2D eigenvalue weighted by atomic mass is 19.2. The number of hydrogen-bond acceptors (Lipinski definition) is 8. The van der Waals surface area contributed by atoms with Crippen LogP contribution in [-0.4, -0.2) is 61.7 Å². The molecule has 3 aliphatic rings. The molecule has 0 spiro atoms. The zero-order chi connectivity index (χ0) is 25.8. The van der Waals surface area contributed by atoms with E-state index in [0.29, 0.717) is 18.8 Å². The van der Waals surface area contributed by atoms with Gasteiger partial charge in [0.05, 0.1) is 49.5 Å². The Morgan fingerprint density at radius 2 is 1.81 bits per heavy atom. The van der Waals surface area contributed by atoms with Crippen molar-refractivity contribution in [3.05, 3.63) is 59.7 Å². The first-order valence-corrected chi connectivity index (χ1v) is 11.6. The number of nitrogens with one attached hydrogen (secondary N) is 1. The molecule has 10 nitrogen and oxygen atoms in total. The highest BCUT2D eigenvalue weighted by Gasteiger charge is 2.48. The van der Waals surface area contributed by atoms with Gasteiger partial charge in [-0.25, -0.2) is 27.5 Å². The van der Waals surface area contributed by atoms with E-state index in [1.165, 1.54) is 0 Å².